The van der Waals surface area contributed by atoms with Crippen LogP contribution < -0.4 is 11.1 Å². The molecule has 2 fully saturated rings. The average Bonchev–Trinajstić information content (AvgIpc) is 2.98. The molecule has 2 rings (SSSR count). The van der Waals surface area contributed by atoms with Gasteiger partial charge in [0.15, 0.2) is 0 Å². The van der Waals surface area contributed by atoms with Gasteiger partial charge < -0.3 is 16.0 Å². The van der Waals surface area contributed by atoms with Crippen LogP contribution in [-0.4, -0.2) is 54.5 Å². The van der Waals surface area contributed by atoms with Gasteiger partial charge in [-0.25, -0.2) is 0 Å². The summed E-state index contributed by atoms with van der Waals surface area (Å²) in [5.74, 6) is 2.89. The quantitative estimate of drug-likeness (QED) is 0.788. The molecular weight excluding hydrogens is 329 g/mol. The summed E-state index contributed by atoms with van der Waals surface area (Å²) in [5, 5.41) is 3.14. The zero-order valence-corrected chi connectivity index (χ0v) is 15.4. The van der Waals surface area contributed by atoms with E-state index in [-0.39, 0.29) is 42.3 Å². The molecule has 0 aromatic heterocycles. The highest BCUT2D eigenvalue weighted by atomic mass is 35.5. The van der Waals surface area contributed by atoms with Crippen molar-refractivity contribution in [2.45, 2.75) is 43.7 Å². The maximum absolute atomic E-state index is 12.1. The van der Waals surface area contributed by atoms with E-state index < -0.39 is 0 Å². The fraction of sp³-hybridized carbons (Fsp3) is 0.929. The number of amides is 1. The number of carbonyl (C=O) groups excluding carboxylic acids is 1. The highest BCUT2D eigenvalue weighted by Gasteiger charge is 2.37. The number of nitrogens with one attached hydrogen (secondary N) is 1. The predicted octanol–water partition coefficient (Wildman–Crippen LogP) is 1.90. The molecule has 1 saturated carbocycles. The van der Waals surface area contributed by atoms with Crippen LogP contribution in [0.1, 0.15) is 32.1 Å². The first-order valence-electron chi connectivity index (χ1n) is 7.31. The number of rotatable bonds is 5. The minimum atomic E-state index is 0. The number of nitrogens with zero attached hydrogens (tertiary/aromatic N) is 1. The van der Waals surface area contributed by atoms with Gasteiger partial charge in [-0.15, -0.1) is 24.8 Å². The molecule has 1 saturated heterocycles. The van der Waals surface area contributed by atoms with Gasteiger partial charge >= 0.3 is 0 Å². The van der Waals surface area contributed by atoms with Crippen LogP contribution in [0.4, 0.5) is 0 Å². The molecule has 126 valence electrons. The van der Waals surface area contributed by atoms with E-state index in [1.165, 1.54) is 12.2 Å². The van der Waals surface area contributed by atoms with Crippen LogP contribution in [0.2, 0.25) is 0 Å². The third-order valence-corrected chi connectivity index (χ3v) is 6.05. The largest absolute Gasteiger partial charge is 0.354 e. The smallest absolute Gasteiger partial charge is 0.220 e. The number of hydrogen-bond donors (Lipinski definition) is 2. The monoisotopic (exact) mass is 357 g/mol. The molecule has 1 heterocycles. The van der Waals surface area contributed by atoms with Crippen LogP contribution in [-0.2, 0) is 4.79 Å². The van der Waals surface area contributed by atoms with Crippen molar-refractivity contribution in [1.29, 1.82) is 0 Å². The van der Waals surface area contributed by atoms with Crippen molar-refractivity contribution in [3.63, 3.8) is 0 Å². The zero-order chi connectivity index (χ0) is 13.9. The number of thioether (sulfide) groups is 1. The molecule has 1 amide bonds. The lowest BCUT2D eigenvalue weighted by Gasteiger charge is -2.35. The maximum atomic E-state index is 12.1. The van der Waals surface area contributed by atoms with Crippen molar-refractivity contribution in [1.82, 2.24) is 10.2 Å². The summed E-state index contributed by atoms with van der Waals surface area (Å²) in [6.07, 6.45) is 5.14. The summed E-state index contributed by atoms with van der Waals surface area (Å²) < 4.78 is 0. The second-order valence-electron chi connectivity index (χ2n) is 6.26. The minimum absolute atomic E-state index is 0. The Morgan fingerprint density at radius 1 is 1.38 bits per heavy atom. The van der Waals surface area contributed by atoms with Gasteiger partial charge in [0, 0.05) is 30.3 Å². The van der Waals surface area contributed by atoms with Crippen molar-refractivity contribution in [3.05, 3.63) is 0 Å². The van der Waals surface area contributed by atoms with E-state index in [1.54, 1.807) is 0 Å². The predicted molar refractivity (Wildman–Crippen MR) is 95.8 cm³/mol. The second-order valence-corrected chi connectivity index (χ2v) is 7.36. The van der Waals surface area contributed by atoms with Crippen molar-refractivity contribution in [2.24, 2.45) is 11.7 Å². The Bertz CT molecular complexity index is 325. The topological polar surface area (TPSA) is 58.4 Å². The Morgan fingerprint density at radius 3 is 2.57 bits per heavy atom. The SMILES string of the molecule is CN(C)C1(CNC(=O)C[C@@H]2CCC[C@H]2N)CCSC1.Cl.Cl. The van der Waals surface area contributed by atoms with Crippen LogP contribution in [0.3, 0.4) is 0 Å². The van der Waals surface area contributed by atoms with E-state index in [2.05, 4.69) is 24.3 Å². The van der Waals surface area contributed by atoms with E-state index >= 15 is 0 Å². The number of carbonyl (C=O) groups is 1. The van der Waals surface area contributed by atoms with Crippen molar-refractivity contribution < 1.29 is 4.79 Å². The summed E-state index contributed by atoms with van der Waals surface area (Å²) in [5.41, 5.74) is 6.18. The van der Waals surface area contributed by atoms with Gasteiger partial charge in [-0.3, -0.25) is 4.79 Å². The van der Waals surface area contributed by atoms with Gasteiger partial charge in [0.05, 0.1) is 0 Å². The van der Waals surface area contributed by atoms with E-state index in [4.69, 9.17) is 5.73 Å². The van der Waals surface area contributed by atoms with Crippen LogP contribution in [0, 0.1) is 5.92 Å². The Balaban J connectivity index is 0.00000200. The molecule has 0 bridgehead atoms. The van der Waals surface area contributed by atoms with Gasteiger partial charge in [-0.2, -0.15) is 11.8 Å². The third kappa shape index (κ3) is 5.47. The molecule has 3 atom stereocenters. The Kier molecular flexibility index (Phi) is 9.60. The molecule has 4 nitrogen and oxygen atoms in total. The van der Waals surface area contributed by atoms with Gasteiger partial charge in [-0.05, 0) is 45.0 Å². The highest BCUT2D eigenvalue weighted by Crippen LogP contribution is 2.31. The molecule has 0 aromatic carbocycles. The highest BCUT2D eigenvalue weighted by molar-refractivity contribution is 7.99. The van der Waals surface area contributed by atoms with E-state index in [1.807, 2.05) is 11.8 Å². The molecule has 0 spiro atoms. The summed E-state index contributed by atoms with van der Waals surface area (Å²) in [7, 11) is 4.23. The fourth-order valence-corrected chi connectivity index (χ4v) is 4.69. The molecular formula is C14H29Cl2N3OS. The van der Waals surface area contributed by atoms with Crippen molar-refractivity contribution >= 4 is 42.5 Å². The first kappa shape index (κ1) is 21.3. The summed E-state index contributed by atoms with van der Waals surface area (Å²) in [4.78, 5) is 14.3. The molecule has 7 heteroatoms. The van der Waals surface area contributed by atoms with Crippen LogP contribution in [0.25, 0.3) is 0 Å². The van der Waals surface area contributed by atoms with Crippen molar-refractivity contribution in [3.8, 4) is 0 Å². The number of halogens is 2. The molecule has 0 radical (unpaired) electrons. The number of hydrogen-bond acceptors (Lipinski definition) is 4. The second kappa shape index (κ2) is 9.46. The van der Waals surface area contributed by atoms with Crippen LogP contribution >= 0.6 is 36.6 Å². The molecule has 0 aromatic rings. The standard InChI is InChI=1S/C14H27N3OS.2ClH/c1-17(2)14(6-7-19-10-14)9-16-13(18)8-11-4-3-5-12(11)15;;/h11-12H,3-10,15H2,1-2H3,(H,16,18);2*1H/t11-,12+,14?;;/m0../s1. The average molecular weight is 358 g/mol. The molecule has 21 heavy (non-hydrogen) atoms. The summed E-state index contributed by atoms with van der Waals surface area (Å²) in [6.45, 7) is 0.772. The fourth-order valence-electron chi connectivity index (χ4n) is 3.14. The van der Waals surface area contributed by atoms with Crippen molar-refractivity contribution in [2.75, 3.05) is 32.1 Å². The van der Waals surface area contributed by atoms with Gasteiger partial charge in [0.1, 0.15) is 0 Å². The van der Waals surface area contributed by atoms with Gasteiger partial charge in [0.25, 0.3) is 0 Å². The molecule has 1 aliphatic heterocycles. The normalized spacial score (nSPS) is 31.6. The van der Waals surface area contributed by atoms with Crippen LogP contribution in [0.5, 0.6) is 0 Å². The van der Waals surface area contributed by atoms with Crippen LogP contribution in [0.15, 0.2) is 0 Å². The Morgan fingerprint density at radius 2 is 2.10 bits per heavy atom. The third-order valence-electron chi connectivity index (χ3n) is 4.81. The Hall–Kier alpha value is 0.320. The summed E-state index contributed by atoms with van der Waals surface area (Å²) >= 11 is 1.98. The van der Waals surface area contributed by atoms with E-state index in [0.717, 1.165) is 31.6 Å². The number of likely N-dealkylation sites (N-methyl/N-ethyl adjacent to an activating group) is 1. The number of nitrogens with two attached hydrogens (primary N) is 1. The molecule has 1 aliphatic carbocycles. The van der Waals surface area contributed by atoms with Gasteiger partial charge in [-0.1, -0.05) is 6.42 Å². The first-order valence-corrected chi connectivity index (χ1v) is 8.46. The van der Waals surface area contributed by atoms with Gasteiger partial charge in [0.2, 0.25) is 5.91 Å². The lowest BCUT2D eigenvalue weighted by Crippen LogP contribution is -2.53. The van der Waals surface area contributed by atoms with E-state index in [9.17, 15) is 4.79 Å². The Labute approximate surface area is 145 Å². The van der Waals surface area contributed by atoms with E-state index in [0.29, 0.717) is 12.3 Å². The molecule has 1 unspecified atom stereocenters. The lowest BCUT2D eigenvalue weighted by atomic mass is 9.96. The molecule has 3 N–H and O–H groups in total. The zero-order valence-electron chi connectivity index (χ0n) is 13.0. The maximum Gasteiger partial charge on any atom is 0.220 e. The summed E-state index contributed by atoms with van der Waals surface area (Å²) in [6, 6.07) is 0.232. The lowest BCUT2D eigenvalue weighted by molar-refractivity contribution is -0.122. The molecule has 2 aliphatic rings. The minimum Gasteiger partial charge on any atom is -0.354 e. The first-order chi connectivity index (χ1) is 9.03.